The van der Waals surface area contributed by atoms with Crippen molar-refractivity contribution in [3.05, 3.63) is 53.6 Å². The lowest BCUT2D eigenvalue weighted by Crippen LogP contribution is -2.01. The van der Waals surface area contributed by atoms with Crippen LogP contribution in [0.4, 0.5) is 4.39 Å². The summed E-state index contributed by atoms with van der Waals surface area (Å²) in [5.41, 5.74) is 0.0193. The van der Waals surface area contributed by atoms with Crippen molar-refractivity contribution < 1.29 is 14.3 Å². The third-order valence-electron chi connectivity index (χ3n) is 2.46. The number of carbonyl (C=O) groups is 1. The molecule has 1 N–H and O–H groups in total. The molecule has 0 fully saturated rings. The van der Waals surface area contributed by atoms with Gasteiger partial charge in [-0.1, -0.05) is 12.1 Å². The van der Waals surface area contributed by atoms with Crippen molar-refractivity contribution in [2.24, 2.45) is 0 Å². The van der Waals surface area contributed by atoms with Crippen molar-refractivity contribution in [3.8, 4) is 17.2 Å². The van der Waals surface area contributed by atoms with Gasteiger partial charge < -0.3 is 5.11 Å². The molecule has 2 rings (SSSR count). The van der Waals surface area contributed by atoms with E-state index >= 15 is 0 Å². The zero-order chi connectivity index (χ0) is 13.1. The molecule has 1 aromatic heterocycles. The molecular formula is C13H7FN2O2. The number of halogens is 1. The van der Waals surface area contributed by atoms with Crippen LogP contribution in [-0.4, -0.2) is 16.1 Å². The van der Waals surface area contributed by atoms with Crippen LogP contribution in [-0.2, 0) is 0 Å². The summed E-state index contributed by atoms with van der Waals surface area (Å²) >= 11 is 0. The molecular weight excluding hydrogens is 235 g/mol. The molecule has 0 spiro atoms. The van der Waals surface area contributed by atoms with Crippen molar-refractivity contribution in [3.63, 3.8) is 0 Å². The summed E-state index contributed by atoms with van der Waals surface area (Å²) in [6.07, 6.45) is 2.59. The number of nitriles is 1. The van der Waals surface area contributed by atoms with Crippen LogP contribution < -0.4 is 0 Å². The molecule has 0 radical (unpaired) electrons. The highest BCUT2D eigenvalue weighted by atomic mass is 19.1. The Morgan fingerprint density at radius 1 is 1.33 bits per heavy atom. The van der Waals surface area contributed by atoms with E-state index in [1.165, 1.54) is 36.7 Å². The zero-order valence-corrected chi connectivity index (χ0v) is 9.09. The number of aromatic carboxylic acids is 1. The van der Waals surface area contributed by atoms with E-state index in [-0.39, 0.29) is 22.3 Å². The summed E-state index contributed by atoms with van der Waals surface area (Å²) < 4.78 is 14.0. The Kier molecular flexibility index (Phi) is 3.02. The van der Waals surface area contributed by atoms with Crippen LogP contribution in [0.15, 0.2) is 36.7 Å². The molecule has 88 valence electrons. The predicted molar refractivity (Wildman–Crippen MR) is 61.3 cm³/mol. The van der Waals surface area contributed by atoms with Gasteiger partial charge in [-0.05, 0) is 12.1 Å². The average molecular weight is 242 g/mol. The van der Waals surface area contributed by atoms with Gasteiger partial charge in [-0.25, -0.2) is 9.18 Å². The Bertz CT molecular complexity index is 662. The first-order valence-electron chi connectivity index (χ1n) is 5.01. The second kappa shape index (κ2) is 4.63. The lowest BCUT2D eigenvalue weighted by molar-refractivity contribution is 0.0697. The maximum atomic E-state index is 14.0. The van der Waals surface area contributed by atoms with Gasteiger partial charge in [0.1, 0.15) is 11.9 Å². The van der Waals surface area contributed by atoms with Gasteiger partial charge >= 0.3 is 5.97 Å². The summed E-state index contributed by atoms with van der Waals surface area (Å²) in [7, 11) is 0. The minimum absolute atomic E-state index is 0.0551. The van der Waals surface area contributed by atoms with Crippen LogP contribution in [0.3, 0.4) is 0 Å². The molecule has 0 aliphatic carbocycles. The largest absolute Gasteiger partial charge is 0.478 e. The highest BCUT2D eigenvalue weighted by Gasteiger charge is 2.16. The number of rotatable bonds is 2. The van der Waals surface area contributed by atoms with Crippen molar-refractivity contribution in [2.45, 2.75) is 0 Å². The van der Waals surface area contributed by atoms with Gasteiger partial charge in [0.2, 0.25) is 0 Å². The first-order valence-corrected chi connectivity index (χ1v) is 5.01. The highest BCUT2D eigenvalue weighted by Crippen LogP contribution is 2.27. The molecule has 0 bridgehead atoms. The highest BCUT2D eigenvalue weighted by molar-refractivity contribution is 5.95. The molecule has 0 unspecified atom stereocenters. The van der Waals surface area contributed by atoms with Crippen LogP contribution in [0.5, 0.6) is 0 Å². The van der Waals surface area contributed by atoms with Crippen molar-refractivity contribution >= 4 is 5.97 Å². The minimum Gasteiger partial charge on any atom is -0.478 e. The van der Waals surface area contributed by atoms with Gasteiger partial charge in [-0.15, -0.1) is 0 Å². The lowest BCUT2D eigenvalue weighted by Gasteiger charge is -2.07. The summed E-state index contributed by atoms with van der Waals surface area (Å²) in [6, 6.07) is 7.24. The number of carboxylic acid groups (broad SMARTS) is 1. The van der Waals surface area contributed by atoms with E-state index in [4.69, 9.17) is 10.4 Å². The number of carboxylic acids is 1. The molecule has 0 saturated heterocycles. The van der Waals surface area contributed by atoms with E-state index in [9.17, 15) is 9.18 Å². The Hall–Kier alpha value is -2.74. The van der Waals surface area contributed by atoms with Gasteiger partial charge in [0.25, 0.3) is 0 Å². The standard InChI is InChI=1S/C13H7FN2O2/c14-12-8(6-15)2-1-3-9(12)11-7-16-5-4-10(11)13(17)18/h1-5,7H,(H,17,18). The van der Waals surface area contributed by atoms with Crippen LogP contribution in [0.1, 0.15) is 15.9 Å². The maximum absolute atomic E-state index is 14.0. The van der Waals surface area contributed by atoms with Gasteiger partial charge in [-0.2, -0.15) is 5.26 Å². The van der Waals surface area contributed by atoms with Crippen LogP contribution in [0, 0.1) is 17.1 Å². The number of aromatic nitrogens is 1. The van der Waals surface area contributed by atoms with Gasteiger partial charge in [0.15, 0.2) is 0 Å². The van der Waals surface area contributed by atoms with E-state index in [1.54, 1.807) is 6.07 Å². The first kappa shape index (κ1) is 11.7. The van der Waals surface area contributed by atoms with E-state index in [1.807, 2.05) is 0 Å². The molecule has 0 aliphatic heterocycles. The molecule has 1 aromatic carbocycles. The lowest BCUT2D eigenvalue weighted by atomic mass is 9.99. The van der Waals surface area contributed by atoms with Crippen LogP contribution >= 0.6 is 0 Å². The summed E-state index contributed by atoms with van der Waals surface area (Å²) in [4.78, 5) is 14.8. The molecule has 0 saturated carbocycles. The molecule has 5 heteroatoms. The smallest absolute Gasteiger partial charge is 0.336 e. The third-order valence-corrected chi connectivity index (χ3v) is 2.46. The maximum Gasteiger partial charge on any atom is 0.336 e. The number of hydrogen-bond donors (Lipinski definition) is 1. The summed E-state index contributed by atoms with van der Waals surface area (Å²) in [5.74, 6) is -1.91. The second-order valence-corrected chi connectivity index (χ2v) is 3.51. The third kappa shape index (κ3) is 1.92. The monoisotopic (exact) mass is 242 g/mol. The van der Waals surface area contributed by atoms with Crippen molar-refractivity contribution in [2.75, 3.05) is 0 Å². The molecule has 18 heavy (non-hydrogen) atoms. The fourth-order valence-electron chi connectivity index (χ4n) is 1.62. The van der Waals surface area contributed by atoms with Gasteiger partial charge in [-0.3, -0.25) is 4.98 Å². The fraction of sp³-hybridized carbons (Fsp3) is 0. The van der Waals surface area contributed by atoms with Crippen LogP contribution in [0.25, 0.3) is 11.1 Å². The Morgan fingerprint density at radius 2 is 2.11 bits per heavy atom. The summed E-state index contributed by atoms with van der Waals surface area (Å²) in [5, 5.41) is 17.8. The Balaban J connectivity index is 2.71. The number of pyridine rings is 1. The van der Waals surface area contributed by atoms with Crippen LogP contribution in [0.2, 0.25) is 0 Å². The average Bonchev–Trinajstić information content (AvgIpc) is 2.39. The Labute approximate surface area is 102 Å². The number of hydrogen-bond acceptors (Lipinski definition) is 3. The Morgan fingerprint density at radius 3 is 2.78 bits per heavy atom. The number of nitrogens with zero attached hydrogens (tertiary/aromatic N) is 2. The van der Waals surface area contributed by atoms with Crippen molar-refractivity contribution in [1.82, 2.24) is 4.98 Å². The summed E-state index contributed by atoms with van der Waals surface area (Å²) in [6.45, 7) is 0. The fourth-order valence-corrected chi connectivity index (χ4v) is 1.62. The first-order chi connectivity index (χ1) is 8.65. The van der Waals surface area contributed by atoms with Gasteiger partial charge in [0.05, 0.1) is 11.1 Å². The van der Waals surface area contributed by atoms with E-state index < -0.39 is 11.8 Å². The molecule has 0 aliphatic rings. The van der Waals surface area contributed by atoms with E-state index in [0.29, 0.717) is 0 Å². The minimum atomic E-state index is -1.17. The molecule has 2 aromatic rings. The second-order valence-electron chi connectivity index (χ2n) is 3.51. The quantitative estimate of drug-likeness (QED) is 0.877. The number of benzene rings is 1. The molecule has 1 heterocycles. The predicted octanol–water partition coefficient (Wildman–Crippen LogP) is 2.46. The molecule has 4 nitrogen and oxygen atoms in total. The normalized spacial score (nSPS) is 9.78. The van der Waals surface area contributed by atoms with Gasteiger partial charge in [0, 0.05) is 23.5 Å². The molecule has 0 amide bonds. The van der Waals surface area contributed by atoms with E-state index in [2.05, 4.69) is 4.98 Å². The molecule has 0 atom stereocenters. The van der Waals surface area contributed by atoms with E-state index in [0.717, 1.165) is 0 Å². The van der Waals surface area contributed by atoms with Crippen molar-refractivity contribution in [1.29, 1.82) is 5.26 Å². The SMILES string of the molecule is N#Cc1cccc(-c2cnccc2C(=O)O)c1F. The topological polar surface area (TPSA) is 74.0 Å². The zero-order valence-electron chi connectivity index (χ0n) is 9.09.